The minimum Gasteiger partial charge on any atom is -0.497 e. The smallest absolute Gasteiger partial charge is 0.126 e. The zero-order valence-corrected chi connectivity index (χ0v) is 13.2. The summed E-state index contributed by atoms with van der Waals surface area (Å²) in [7, 11) is 1.66. The summed E-state index contributed by atoms with van der Waals surface area (Å²) in [6.07, 6.45) is -1.98. The van der Waals surface area contributed by atoms with E-state index in [0.29, 0.717) is 5.92 Å². The Balaban J connectivity index is 2.27. The average molecular weight is 300 g/mol. The van der Waals surface area contributed by atoms with Crippen molar-refractivity contribution in [1.82, 2.24) is 10.2 Å². The molecule has 98 valence electrons. The van der Waals surface area contributed by atoms with E-state index in [9.17, 15) is 0 Å². The molecule has 1 fully saturated rings. The van der Waals surface area contributed by atoms with Gasteiger partial charge in [-0.2, -0.15) is 0 Å². The molecule has 0 radical (unpaired) electrons. The van der Waals surface area contributed by atoms with Gasteiger partial charge in [-0.05, 0) is 30.2 Å². The van der Waals surface area contributed by atoms with Gasteiger partial charge in [0, 0.05) is 5.30 Å². The van der Waals surface area contributed by atoms with Crippen LogP contribution in [-0.2, 0) is 11.8 Å². The fourth-order valence-electron chi connectivity index (χ4n) is 1.89. The molecule has 18 heavy (non-hydrogen) atoms. The molecule has 0 amide bonds. The first-order valence-corrected chi connectivity index (χ1v) is 9.02. The zero-order chi connectivity index (χ0) is 13.3. The second-order valence-corrected chi connectivity index (χ2v) is 8.93. The Kier molecular flexibility index (Phi) is 4.07. The lowest BCUT2D eigenvalue weighted by atomic mass is 10.1. The molecule has 2 rings (SSSR count). The summed E-state index contributed by atoms with van der Waals surface area (Å²) in [5, 5.41) is 7.91. The molecule has 0 spiro atoms. The lowest BCUT2D eigenvalue weighted by molar-refractivity contribution is 0.415. The Morgan fingerprint density at radius 2 is 1.89 bits per heavy atom. The minimum atomic E-state index is -1.98. The van der Waals surface area contributed by atoms with E-state index in [1.54, 1.807) is 7.11 Å². The van der Waals surface area contributed by atoms with Gasteiger partial charge in [-0.3, -0.25) is 5.09 Å². The van der Waals surface area contributed by atoms with Crippen LogP contribution < -0.4 is 20.2 Å². The molecule has 1 aromatic carbocycles. The van der Waals surface area contributed by atoms with Crippen LogP contribution in [0, 0.1) is 5.92 Å². The van der Waals surface area contributed by atoms with Gasteiger partial charge in [0.25, 0.3) is 0 Å². The molecule has 2 N–H and O–H groups in total. The van der Waals surface area contributed by atoms with Crippen molar-refractivity contribution < 1.29 is 4.74 Å². The normalized spacial score (nSPS) is 27.3. The largest absolute Gasteiger partial charge is 0.497 e. The van der Waals surface area contributed by atoms with E-state index in [-0.39, 0.29) is 6.04 Å². The van der Waals surface area contributed by atoms with Gasteiger partial charge < -0.3 is 9.82 Å². The van der Waals surface area contributed by atoms with Crippen molar-refractivity contribution in [3.8, 4) is 5.75 Å². The van der Waals surface area contributed by atoms with E-state index in [1.807, 2.05) is 24.3 Å². The van der Waals surface area contributed by atoms with Crippen LogP contribution >= 0.6 is 18.6 Å². The molecule has 1 aliphatic heterocycles. The van der Waals surface area contributed by atoms with Gasteiger partial charge in [-0.25, -0.2) is 0 Å². The third-order valence-electron chi connectivity index (χ3n) is 2.97. The van der Waals surface area contributed by atoms with Gasteiger partial charge in [-0.15, -0.1) is 0 Å². The molecule has 1 aliphatic rings. The second-order valence-electron chi connectivity index (χ2n) is 4.63. The summed E-state index contributed by atoms with van der Waals surface area (Å²) in [4.78, 5) is 0.837. The van der Waals surface area contributed by atoms with Gasteiger partial charge in [0.2, 0.25) is 0 Å². The molecule has 0 saturated carbocycles. The lowest BCUT2D eigenvalue weighted by Crippen LogP contribution is -2.32. The van der Waals surface area contributed by atoms with Crippen LogP contribution in [0.15, 0.2) is 24.3 Å². The molecular formula is C12H17N2OPS2. The van der Waals surface area contributed by atoms with E-state index in [4.69, 9.17) is 28.8 Å². The van der Waals surface area contributed by atoms with Crippen molar-refractivity contribution in [2.24, 2.45) is 5.92 Å². The van der Waals surface area contributed by atoms with Gasteiger partial charge >= 0.3 is 0 Å². The lowest BCUT2D eigenvalue weighted by Gasteiger charge is -2.19. The zero-order valence-electron chi connectivity index (χ0n) is 10.6. The summed E-state index contributed by atoms with van der Waals surface area (Å²) in [5.74, 6) is 1.27. The van der Waals surface area contributed by atoms with E-state index in [0.717, 1.165) is 16.0 Å². The minimum absolute atomic E-state index is 0.174. The predicted molar refractivity (Wildman–Crippen MR) is 84.4 cm³/mol. The van der Waals surface area contributed by atoms with E-state index < -0.39 is 6.34 Å². The standard InChI is InChI=1S/C12H17N2OPS2/c1-8(2)11-12(17)14-16(18,13-11)10-6-4-9(15-3)5-7-10/h4-8,11H,1-3H3,(H2,13,14,17,18). The molecule has 1 saturated heterocycles. The van der Waals surface area contributed by atoms with E-state index in [2.05, 4.69) is 24.0 Å². The summed E-state index contributed by atoms with van der Waals surface area (Å²) in [5.41, 5.74) is 0. The molecule has 3 nitrogen and oxygen atoms in total. The Morgan fingerprint density at radius 3 is 2.33 bits per heavy atom. The predicted octanol–water partition coefficient (Wildman–Crippen LogP) is 2.17. The maximum atomic E-state index is 5.75. The van der Waals surface area contributed by atoms with Gasteiger partial charge in [0.15, 0.2) is 0 Å². The third-order valence-corrected chi connectivity index (χ3v) is 6.93. The molecule has 2 unspecified atom stereocenters. The highest BCUT2D eigenvalue weighted by atomic mass is 32.4. The van der Waals surface area contributed by atoms with Crippen LogP contribution in [0.25, 0.3) is 0 Å². The number of rotatable bonds is 3. The van der Waals surface area contributed by atoms with E-state index >= 15 is 0 Å². The number of methoxy groups -OCH3 is 1. The first-order valence-electron chi connectivity index (χ1n) is 5.81. The number of thiocarbonyl (C=S) groups is 1. The van der Waals surface area contributed by atoms with Crippen molar-refractivity contribution in [2.45, 2.75) is 19.9 Å². The quantitative estimate of drug-likeness (QED) is 0.660. The van der Waals surface area contributed by atoms with Gasteiger partial charge in [0.1, 0.15) is 12.1 Å². The summed E-state index contributed by atoms with van der Waals surface area (Å²) in [6, 6.07) is 8.04. The van der Waals surface area contributed by atoms with Crippen molar-refractivity contribution in [2.75, 3.05) is 7.11 Å². The topological polar surface area (TPSA) is 33.3 Å². The van der Waals surface area contributed by atoms with Crippen LogP contribution in [0.1, 0.15) is 13.8 Å². The Morgan fingerprint density at radius 1 is 1.28 bits per heavy atom. The van der Waals surface area contributed by atoms with Crippen molar-refractivity contribution >= 4 is 40.7 Å². The van der Waals surface area contributed by atoms with Gasteiger partial charge in [0.05, 0.1) is 18.1 Å². The molecule has 1 aromatic rings. The highest BCUT2D eigenvalue weighted by Crippen LogP contribution is 2.42. The van der Waals surface area contributed by atoms with Crippen LogP contribution in [0.4, 0.5) is 0 Å². The average Bonchev–Trinajstić information content (AvgIpc) is 2.66. The van der Waals surface area contributed by atoms with E-state index in [1.165, 1.54) is 0 Å². The molecular weight excluding hydrogens is 283 g/mol. The molecule has 1 heterocycles. The van der Waals surface area contributed by atoms with Crippen LogP contribution in [-0.4, -0.2) is 18.1 Å². The second kappa shape index (κ2) is 5.25. The molecule has 6 heteroatoms. The van der Waals surface area contributed by atoms with Crippen molar-refractivity contribution in [1.29, 1.82) is 0 Å². The Labute approximate surface area is 118 Å². The number of ether oxygens (including phenoxy) is 1. The molecule has 2 atom stereocenters. The Hall–Kier alpha value is -0.480. The first-order chi connectivity index (χ1) is 8.46. The summed E-state index contributed by atoms with van der Waals surface area (Å²) in [6.45, 7) is 4.29. The number of benzene rings is 1. The maximum Gasteiger partial charge on any atom is 0.126 e. The number of hydrogen-bond donors (Lipinski definition) is 2. The molecule has 0 aliphatic carbocycles. The fourth-order valence-corrected chi connectivity index (χ4v) is 6.08. The highest BCUT2D eigenvalue weighted by Gasteiger charge is 2.35. The van der Waals surface area contributed by atoms with Crippen LogP contribution in [0.3, 0.4) is 0 Å². The van der Waals surface area contributed by atoms with Crippen LogP contribution in [0.5, 0.6) is 5.75 Å². The fraction of sp³-hybridized carbons (Fsp3) is 0.417. The maximum absolute atomic E-state index is 5.75. The van der Waals surface area contributed by atoms with Crippen molar-refractivity contribution in [3.05, 3.63) is 24.3 Å². The summed E-state index contributed by atoms with van der Waals surface area (Å²) >= 11 is 11.1. The number of hydrogen-bond acceptors (Lipinski definition) is 3. The highest BCUT2D eigenvalue weighted by molar-refractivity contribution is 8.17. The van der Waals surface area contributed by atoms with Gasteiger partial charge in [-0.1, -0.05) is 37.9 Å². The van der Waals surface area contributed by atoms with Crippen LogP contribution in [0.2, 0.25) is 0 Å². The first kappa shape index (κ1) is 13.9. The number of nitrogens with one attached hydrogen (secondary N) is 2. The van der Waals surface area contributed by atoms with Crippen molar-refractivity contribution in [3.63, 3.8) is 0 Å². The molecule has 0 aromatic heterocycles. The summed E-state index contributed by atoms with van der Waals surface area (Å²) < 4.78 is 5.16. The molecule has 0 bridgehead atoms. The third kappa shape index (κ3) is 2.59. The Bertz CT molecular complexity index is 501. The SMILES string of the molecule is COc1ccc(P2(=S)NC(=S)C(C(C)C)N2)cc1. The monoisotopic (exact) mass is 300 g/mol.